The Morgan fingerprint density at radius 1 is 1.16 bits per heavy atom. The molecule has 0 saturated carbocycles. The Bertz CT molecular complexity index is 346. The van der Waals surface area contributed by atoms with Crippen molar-refractivity contribution in [3.63, 3.8) is 0 Å². The van der Waals surface area contributed by atoms with E-state index < -0.39 is 21.2 Å². The van der Waals surface area contributed by atoms with E-state index >= 15 is 0 Å². The Morgan fingerprint density at radius 3 is 1.89 bits per heavy atom. The summed E-state index contributed by atoms with van der Waals surface area (Å²) in [6.45, 7) is 6.44. The van der Waals surface area contributed by atoms with Crippen LogP contribution in [0.25, 0.3) is 0 Å². The summed E-state index contributed by atoms with van der Waals surface area (Å²) in [5, 5.41) is 7.37. The van der Waals surface area contributed by atoms with Gasteiger partial charge in [0.1, 0.15) is 0 Å². The highest BCUT2D eigenvalue weighted by atomic mass is 32.2. The maximum absolute atomic E-state index is 12.1. The third-order valence-corrected chi connectivity index (χ3v) is 4.71. The molecule has 1 unspecified atom stereocenters. The molecule has 0 aliphatic rings. The van der Waals surface area contributed by atoms with Crippen LogP contribution in [-0.4, -0.2) is 68.6 Å². The molecule has 0 amide bonds. The van der Waals surface area contributed by atoms with Crippen molar-refractivity contribution in [2.75, 3.05) is 39.5 Å². The van der Waals surface area contributed by atoms with Crippen LogP contribution in [0.3, 0.4) is 0 Å². The average molecular weight is 297 g/mol. The maximum atomic E-state index is 12.1. The van der Waals surface area contributed by atoms with Gasteiger partial charge in [0, 0.05) is 26.3 Å². The van der Waals surface area contributed by atoms with Gasteiger partial charge in [-0.1, -0.05) is 0 Å². The van der Waals surface area contributed by atoms with Crippen molar-refractivity contribution >= 4 is 16.0 Å². The first kappa shape index (κ1) is 18.3. The Labute approximate surface area is 114 Å². The molecule has 114 valence electrons. The third-order valence-electron chi connectivity index (χ3n) is 2.53. The first-order valence-electron chi connectivity index (χ1n) is 6.25. The molecule has 19 heavy (non-hydrogen) atoms. The highest BCUT2D eigenvalue weighted by Crippen LogP contribution is 2.09. The number of carboxylic acid groups (broad SMARTS) is 1. The van der Waals surface area contributed by atoms with Crippen molar-refractivity contribution in [1.82, 2.24) is 4.31 Å². The van der Waals surface area contributed by atoms with E-state index in [2.05, 4.69) is 0 Å². The Hall–Kier alpha value is -0.700. The molecule has 1 N–H and O–H groups in total. The third kappa shape index (κ3) is 6.33. The van der Waals surface area contributed by atoms with Crippen LogP contribution >= 0.6 is 0 Å². The van der Waals surface area contributed by atoms with Crippen LogP contribution < -0.4 is 0 Å². The number of aliphatic carboxylic acids is 1. The molecule has 0 aromatic rings. The Morgan fingerprint density at radius 2 is 1.58 bits per heavy atom. The van der Waals surface area contributed by atoms with E-state index in [0.717, 1.165) is 11.2 Å². The molecule has 7 nitrogen and oxygen atoms in total. The van der Waals surface area contributed by atoms with Gasteiger partial charge in [-0.05, 0) is 20.8 Å². The molecule has 0 saturated heterocycles. The number of hydrogen-bond acceptors (Lipinski definition) is 5. The summed E-state index contributed by atoms with van der Waals surface area (Å²) in [7, 11) is -3.89. The lowest BCUT2D eigenvalue weighted by molar-refractivity contribution is -0.136. The van der Waals surface area contributed by atoms with Crippen molar-refractivity contribution in [2.45, 2.75) is 26.0 Å². The fourth-order valence-electron chi connectivity index (χ4n) is 1.34. The molecular formula is C11H23NO6S. The molecule has 0 fully saturated rings. The molecule has 0 radical (unpaired) electrons. The highest BCUT2D eigenvalue weighted by molar-refractivity contribution is 7.90. The summed E-state index contributed by atoms with van der Waals surface area (Å²) >= 11 is 0. The molecule has 1 atom stereocenters. The van der Waals surface area contributed by atoms with E-state index in [1.807, 2.05) is 0 Å². The number of carbonyl (C=O) groups is 1. The fraction of sp³-hybridized carbons (Fsp3) is 0.909. The summed E-state index contributed by atoms with van der Waals surface area (Å²) < 4.78 is 35.5. The normalized spacial score (nSPS) is 13.7. The smallest absolute Gasteiger partial charge is 0.323 e. The van der Waals surface area contributed by atoms with E-state index in [-0.39, 0.29) is 26.3 Å². The molecule has 0 heterocycles. The van der Waals surface area contributed by atoms with E-state index in [9.17, 15) is 13.2 Å². The lowest BCUT2D eigenvalue weighted by atomic mass is 10.5. The molecule has 0 rings (SSSR count). The van der Waals surface area contributed by atoms with Crippen LogP contribution in [0.2, 0.25) is 0 Å². The summed E-state index contributed by atoms with van der Waals surface area (Å²) in [5.74, 6) is -1.36. The number of hydrogen-bond donors (Lipinski definition) is 1. The van der Waals surface area contributed by atoms with E-state index in [0.29, 0.717) is 13.2 Å². The predicted octanol–water partition coefficient (Wildman–Crippen LogP) is 0.164. The van der Waals surface area contributed by atoms with E-state index in [1.54, 1.807) is 13.8 Å². The number of carboxylic acids is 1. The molecule has 0 aromatic heterocycles. The molecule has 0 spiro atoms. The minimum atomic E-state index is -3.89. The second-order valence-corrected chi connectivity index (χ2v) is 6.07. The minimum Gasteiger partial charge on any atom is -0.480 e. The number of ether oxygens (including phenoxy) is 2. The second kappa shape index (κ2) is 9.24. The largest absolute Gasteiger partial charge is 0.480 e. The monoisotopic (exact) mass is 297 g/mol. The summed E-state index contributed by atoms with van der Waals surface area (Å²) in [6.07, 6.45) is 0. The van der Waals surface area contributed by atoms with Crippen molar-refractivity contribution in [3.05, 3.63) is 0 Å². The Balaban J connectivity index is 4.73. The van der Waals surface area contributed by atoms with Gasteiger partial charge in [0.15, 0.2) is 5.25 Å². The van der Waals surface area contributed by atoms with Gasteiger partial charge in [0.25, 0.3) is 0 Å². The molecule has 8 heteroatoms. The van der Waals surface area contributed by atoms with Crippen molar-refractivity contribution in [3.8, 4) is 0 Å². The lowest BCUT2D eigenvalue weighted by Crippen LogP contribution is -2.44. The van der Waals surface area contributed by atoms with Gasteiger partial charge in [0.2, 0.25) is 10.0 Å². The van der Waals surface area contributed by atoms with Crippen LogP contribution in [0.1, 0.15) is 20.8 Å². The quantitative estimate of drug-likeness (QED) is 0.546. The highest BCUT2D eigenvalue weighted by Gasteiger charge is 2.33. The first-order chi connectivity index (χ1) is 8.87. The van der Waals surface area contributed by atoms with Gasteiger partial charge in [-0.25, -0.2) is 8.42 Å². The van der Waals surface area contributed by atoms with Gasteiger partial charge >= 0.3 is 5.97 Å². The summed E-state index contributed by atoms with van der Waals surface area (Å²) in [6, 6.07) is 0. The van der Waals surface area contributed by atoms with Gasteiger partial charge < -0.3 is 14.6 Å². The van der Waals surface area contributed by atoms with Crippen molar-refractivity contribution in [1.29, 1.82) is 0 Å². The van der Waals surface area contributed by atoms with E-state index in [1.165, 1.54) is 0 Å². The SMILES string of the molecule is CCOCCN(CCOCC)S(=O)(=O)C(C)C(=O)O. The topological polar surface area (TPSA) is 93.1 Å². The van der Waals surface area contributed by atoms with Gasteiger partial charge in [-0.15, -0.1) is 0 Å². The van der Waals surface area contributed by atoms with Crippen LogP contribution in [0.5, 0.6) is 0 Å². The standard InChI is InChI=1S/C11H23NO6S/c1-4-17-8-6-12(7-9-18-5-2)19(15,16)10(3)11(13)14/h10H,4-9H2,1-3H3,(H,13,14). The first-order valence-corrected chi connectivity index (χ1v) is 7.75. The Kier molecular flexibility index (Phi) is 8.90. The fourth-order valence-corrected chi connectivity index (χ4v) is 2.70. The zero-order chi connectivity index (χ0) is 14.9. The van der Waals surface area contributed by atoms with E-state index in [4.69, 9.17) is 14.6 Å². The van der Waals surface area contributed by atoms with Crippen molar-refractivity contribution in [2.24, 2.45) is 0 Å². The summed E-state index contributed by atoms with van der Waals surface area (Å²) in [4.78, 5) is 10.8. The minimum absolute atomic E-state index is 0.126. The molecular weight excluding hydrogens is 274 g/mol. The maximum Gasteiger partial charge on any atom is 0.323 e. The van der Waals surface area contributed by atoms with Crippen LogP contribution in [0, 0.1) is 0 Å². The summed E-state index contributed by atoms with van der Waals surface area (Å²) in [5.41, 5.74) is 0. The number of sulfonamides is 1. The van der Waals surface area contributed by atoms with Gasteiger partial charge in [0.05, 0.1) is 13.2 Å². The van der Waals surface area contributed by atoms with Gasteiger partial charge in [-0.2, -0.15) is 4.31 Å². The van der Waals surface area contributed by atoms with Crippen molar-refractivity contribution < 1.29 is 27.8 Å². The zero-order valence-electron chi connectivity index (χ0n) is 11.7. The zero-order valence-corrected chi connectivity index (χ0v) is 12.5. The second-order valence-electron chi connectivity index (χ2n) is 3.82. The van der Waals surface area contributed by atoms with Gasteiger partial charge in [-0.3, -0.25) is 4.79 Å². The average Bonchev–Trinajstić information content (AvgIpc) is 2.36. The van der Waals surface area contributed by atoms with Crippen LogP contribution in [0.4, 0.5) is 0 Å². The molecule has 0 aliphatic carbocycles. The van der Waals surface area contributed by atoms with Crippen LogP contribution in [0.15, 0.2) is 0 Å². The molecule has 0 bridgehead atoms. The lowest BCUT2D eigenvalue weighted by Gasteiger charge is -2.23. The predicted molar refractivity (Wildman–Crippen MR) is 70.6 cm³/mol. The number of rotatable bonds is 11. The van der Waals surface area contributed by atoms with Crippen LogP contribution in [-0.2, 0) is 24.3 Å². The molecule has 0 aliphatic heterocycles. The number of nitrogens with zero attached hydrogens (tertiary/aromatic N) is 1. The molecule has 0 aromatic carbocycles.